The molecular formula is C17H27NO3. The third kappa shape index (κ3) is 6.36. The van der Waals surface area contributed by atoms with Crippen LogP contribution in [0.4, 0.5) is 0 Å². The van der Waals surface area contributed by atoms with Crippen molar-refractivity contribution in [3.63, 3.8) is 0 Å². The zero-order valence-electron chi connectivity index (χ0n) is 13.0. The van der Waals surface area contributed by atoms with Gasteiger partial charge in [0.15, 0.2) is 0 Å². The second-order valence-corrected chi connectivity index (χ2v) is 5.43. The van der Waals surface area contributed by atoms with Crippen LogP contribution in [0.3, 0.4) is 0 Å². The van der Waals surface area contributed by atoms with Gasteiger partial charge in [-0.1, -0.05) is 6.42 Å². The Kier molecular flexibility index (Phi) is 7.39. The summed E-state index contributed by atoms with van der Waals surface area (Å²) < 4.78 is 16.4. The summed E-state index contributed by atoms with van der Waals surface area (Å²) in [6.45, 7) is 3.47. The first-order valence-electron chi connectivity index (χ1n) is 7.96. The third-order valence-electron chi connectivity index (χ3n) is 3.78. The number of ether oxygens (including phenoxy) is 3. The number of hydrogen-bond acceptors (Lipinski definition) is 4. The molecule has 0 aliphatic carbocycles. The van der Waals surface area contributed by atoms with E-state index >= 15 is 0 Å². The predicted octanol–water partition coefficient (Wildman–Crippen LogP) is 3.01. The predicted molar refractivity (Wildman–Crippen MR) is 84.2 cm³/mol. The lowest BCUT2D eigenvalue weighted by atomic mass is 10.0. The molecule has 0 amide bonds. The van der Waals surface area contributed by atoms with Crippen LogP contribution < -0.4 is 14.8 Å². The molecule has 0 aromatic heterocycles. The molecule has 4 heteroatoms. The molecule has 118 valence electrons. The van der Waals surface area contributed by atoms with E-state index in [4.69, 9.17) is 14.2 Å². The highest BCUT2D eigenvalue weighted by molar-refractivity contribution is 5.31. The van der Waals surface area contributed by atoms with Crippen LogP contribution in [-0.2, 0) is 4.74 Å². The van der Waals surface area contributed by atoms with Crippen LogP contribution in [0.1, 0.15) is 32.1 Å². The van der Waals surface area contributed by atoms with Crippen LogP contribution in [0.5, 0.6) is 11.5 Å². The van der Waals surface area contributed by atoms with E-state index in [0.717, 1.165) is 37.6 Å². The first-order valence-corrected chi connectivity index (χ1v) is 7.96. The van der Waals surface area contributed by atoms with Gasteiger partial charge in [0.2, 0.25) is 0 Å². The van der Waals surface area contributed by atoms with Crippen LogP contribution >= 0.6 is 0 Å². The van der Waals surface area contributed by atoms with Crippen molar-refractivity contribution in [2.75, 3.05) is 33.5 Å². The van der Waals surface area contributed by atoms with E-state index in [1.807, 2.05) is 24.3 Å². The van der Waals surface area contributed by atoms with Crippen molar-refractivity contribution < 1.29 is 14.2 Å². The summed E-state index contributed by atoms with van der Waals surface area (Å²) in [7, 11) is 1.66. The minimum absolute atomic E-state index is 0.661. The van der Waals surface area contributed by atoms with Crippen molar-refractivity contribution in [3.8, 4) is 11.5 Å². The normalized spacial score (nSPS) is 18.4. The summed E-state index contributed by atoms with van der Waals surface area (Å²) in [5, 5.41) is 3.54. The van der Waals surface area contributed by atoms with Gasteiger partial charge in [-0.05, 0) is 50.1 Å². The average molecular weight is 293 g/mol. The fraction of sp³-hybridized carbons (Fsp3) is 0.647. The Bertz CT molecular complexity index is 374. The van der Waals surface area contributed by atoms with Crippen LogP contribution in [0.25, 0.3) is 0 Å². The molecule has 1 aliphatic heterocycles. The van der Waals surface area contributed by atoms with E-state index < -0.39 is 0 Å². The third-order valence-corrected chi connectivity index (χ3v) is 3.78. The van der Waals surface area contributed by atoms with Gasteiger partial charge in [0, 0.05) is 25.7 Å². The lowest BCUT2D eigenvalue weighted by Gasteiger charge is -2.23. The molecule has 1 aromatic carbocycles. The molecule has 4 nitrogen and oxygen atoms in total. The second-order valence-electron chi connectivity index (χ2n) is 5.43. The van der Waals surface area contributed by atoms with Gasteiger partial charge in [0.25, 0.3) is 0 Å². The Morgan fingerprint density at radius 1 is 1.05 bits per heavy atom. The van der Waals surface area contributed by atoms with E-state index in [1.165, 1.54) is 25.8 Å². The summed E-state index contributed by atoms with van der Waals surface area (Å²) in [6, 6.07) is 8.32. The molecule has 0 radical (unpaired) electrons. The molecule has 1 fully saturated rings. The number of nitrogens with one attached hydrogen (secondary N) is 1. The Labute approximate surface area is 127 Å². The SMILES string of the molecule is COc1ccc(OCCCOCCC2CCCCN2)cc1. The molecule has 1 heterocycles. The van der Waals surface area contributed by atoms with Crippen LogP contribution in [0.2, 0.25) is 0 Å². The van der Waals surface area contributed by atoms with E-state index in [2.05, 4.69) is 5.32 Å². The first kappa shape index (κ1) is 16.1. The fourth-order valence-corrected chi connectivity index (χ4v) is 2.52. The van der Waals surface area contributed by atoms with Crippen LogP contribution in [-0.4, -0.2) is 39.5 Å². The largest absolute Gasteiger partial charge is 0.497 e. The number of rotatable bonds is 9. The maximum absolute atomic E-state index is 5.67. The smallest absolute Gasteiger partial charge is 0.119 e. The zero-order valence-corrected chi connectivity index (χ0v) is 13.0. The minimum atomic E-state index is 0.661. The zero-order chi connectivity index (χ0) is 14.8. The van der Waals surface area contributed by atoms with Crippen molar-refractivity contribution >= 4 is 0 Å². The quantitative estimate of drug-likeness (QED) is 0.711. The van der Waals surface area contributed by atoms with E-state index in [1.54, 1.807) is 7.11 Å². The molecule has 0 spiro atoms. The summed E-state index contributed by atoms with van der Waals surface area (Å²) in [5.41, 5.74) is 0. The fourth-order valence-electron chi connectivity index (χ4n) is 2.52. The highest BCUT2D eigenvalue weighted by Crippen LogP contribution is 2.17. The second kappa shape index (κ2) is 9.64. The Morgan fingerprint density at radius 2 is 1.86 bits per heavy atom. The van der Waals surface area contributed by atoms with Crippen molar-refractivity contribution in [1.82, 2.24) is 5.32 Å². The molecule has 0 saturated carbocycles. The van der Waals surface area contributed by atoms with Crippen molar-refractivity contribution in [2.24, 2.45) is 0 Å². The summed E-state index contributed by atoms with van der Waals surface area (Å²) in [4.78, 5) is 0. The maximum Gasteiger partial charge on any atom is 0.119 e. The highest BCUT2D eigenvalue weighted by atomic mass is 16.5. The maximum atomic E-state index is 5.67. The van der Waals surface area contributed by atoms with Crippen LogP contribution in [0, 0.1) is 0 Å². The van der Waals surface area contributed by atoms with Gasteiger partial charge < -0.3 is 19.5 Å². The van der Waals surface area contributed by atoms with Gasteiger partial charge in [-0.2, -0.15) is 0 Å². The molecule has 1 N–H and O–H groups in total. The summed E-state index contributed by atoms with van der Waals surface area (Å²) >= 11 is 0. The molecule has 0 bridgehead atoms. The molecule has 21 heavy (non-hydrogen) atoms. The van der Waals surface area contributed by atoms with Gasteiger partial charge in [0.1, 0.15) is 11.5 Å². The van der Waals surface area contributed by atoms with Crippen LogP contribution in [0.15, 0.2) is 24.3 Å². The number of methoxy groups -OCH3 is 1. The number of piperidine rings is 1. The number of benzene rings is 1. The Morgan fingerprint density at radius 3 is 2.57 bits per heavy atom. The molecule has 1 atom stereocenters. The van der Waals surface area contributed by atoms with Gasteiger partial charge in [-0.3, -0.25) is 0 Å². The van der Waals surface area contributed by atoms with Crippen molar-refractivity contribution in [3.05, 3.63) is 24.3 Å². The molecule has 1 aromatic rings. The highest BCUT2D eigenvalue weighted by Gasteiger charge is 2.11. The lowest BCUT2D eigenvalue weighted by molar-refractivity contribution is 0.108. The van der Waals surface area contributed by atoms with Gasteiger partial charge in [0.05, 0.1) is 13.7 Å². The average Bonchev–Trinajstić information content (AvgIpc) is 2.55. The standard InChI is InChI=1S/C17H27NO3/c1-19-16-6-8-17(9-7-16)21-13-4-12-20-14-10-15-5-2-3-11-18-15/h6-9,15,18H,2-5,10-14H2,1H3. The van der Waals surface area contributed by atoms with Gasteiger partial charge in [-0.25, -0.2) is 0 Å². The Hall–Kier alpha value is -1.26. The Balaban J connectivity index is 1.46. The van der Waals surface area contributed by atoms with Gasteiger partial charge in [-0.15, -0.1) is 0 Å². The summed E-state index contributed by atoms with van der Waals surface area (Å²) in [6.07, 6.45) is 6.01. The molecular weight excluding hydrogens is 266 g/mol. The molecule has 1 saturated heterocycles. The van der Waals surface area contributed by atoms with E-state index in [-0.39, 0.29) is 0 Å². The topological polar surface area (TPSA) is 39.7 Å². The summed E-state index contributed by atoms with van der Waals surface area (Å²) in [5.74, 6) is 1.73. The van der Waals surface area contributed by atoms with Crippen molar-refractivity contribution in [1.29, 1.82) is 0 Å². The minimum Gasteiger partial charge on any atom is -0.497 e. The number of hydrogen-bond donors (Lipinski definition) is 1. The molecule has 1 unspecified atom stereocenters. The first-order chi connectivity index (χ1) is 10.4. The van der Waals surface area contributed by atoms with E-state index in [0.29, 0.717) is 12.6 Å². The van der Waals surface area contributed by atoms with Gasteiger partial charge >= 0.3 is 0 Å². The van der Waals surface area contributed by atoms with Crippen molar-refractivity contribution in [2.45, 2.75) is 38.1 Å². The lowest BCUT2D eigenvalue weighted by Crippen LogP contribution is -2.34. The monoisotopic (exact) mass is 293 g/mol. The molecule has 2 rings (SSSR count). The van der Waals surface area contributed by atoms with E-state index in [9.17, 15) is 0 Å². The molecule has 1 aliphatic rings.